The zero-order valence-corrected chi connectivity index (χ0v) is 20.6. The smallest absolute Gasteiger partial charge is 0.259 e. The Kier molecular flexibility index (Phi) is 7.70. The van der Waals surface area contributed by atoms with Gasteiger partial charge in [0.1, 0.15) is 14.8 Å². The Morgan fingerprint density at radius 2 is 1.55 bits per heavy atom. The van der Waals surface area contributed by atoms with Crippen molar-refractivity contribution in [2.24, 2.45) is 0 Å². The van der Waals surface area contributed by atoms with Gasteiger partial charge in [-0.15, -0.1) is 23.1 Å². The normalized spacial score (nSPS) is 10.5. The van der Waals surface area contributed by atoms with Crippen LogP contribution in [0.3, 0.4) is 0 Å². The van der Waals surface area contributed by atoms with E-state index < -0.39 is 0 Å². The number of nitrogens with two attached hydrogens (primary N) is 1. The number of anilines is 1. The maximum atomic E-state index is 13.2. The second-order valence-electron chi connectivity index (χ2n) is 7.25. The molecule has 0 saturated carbocycles. The third-order valence-corrected chi connectivity index (χ3v) is 7.27. The molecule has 0 fully saturated rings. The molecule has 2 aromatic carbocycles. The van der Waals surface area contributed by atoms with Crippen molar-refractivity contribution in [3.8, 4) is 5.69 Å². The van der Waals surface area contributed by atoms with E-state index in [0.29, 0.717) is 16.1 Å². The number of ketones is 1. The summed E-state index contributed by atoms with van der Waals surface area (Å²) in [5.41, 5.74) is 12.2. The van der Waals surface area contributed by atoms with E-state index in [2.05, 4.69) is 49.0 Å². The maximum absolute atomic E-state index is 13.2. The Morgan fingerprint density at radius 3 is 2.16 bits per heavy atom. The first kappa shape index (κ1) is 23.3. The number of rotatable bonds is 6. The third kappa shape index (κ3) is 5.26. The molecule has 6 heteroatoms. The van der Waals surface area contributed by atoms with Crippen LogP contribution in [0.5, 0.6) is 0 Å². The van der Waals surface area contributed by atoms with Gasteiger partial charge in [0, 0.05) is 22.4 Å². The lowest BCUT2D eigenvalue weighted by Crippen LogP contribution is -3.00. The molecule has 0 aliphatic rings. The first-order valence-corrected chi connectivity index (χ1v) is 11.5. The van der Waals surface area contributed by atoms with Gasteiger partial charge in [0.05, 0.1) is 0 Å². The topological polar surface area (TPSA) is 47.0 Å². The Morgan fingerprint density at radius 1 is 0.968 bits per heavy atom. The second-order valence-corrected chi connectivity index (χ2v) is 9.51. The number of hydrogen-bond donors (Lipinski definition) is 1. The van der Waals surface area contributed by atoms with Gasteiger partial charge in [-0.2, -0.15) is 4.57 Å². The molecule has 4 rings (SSSR count). The van der Waals surface area contributed by atoms with Crippen LogP contribution in [-0.2, 0) is 5.75 Å². The van der Waals surface area contributed by atoms with Crippen LogP contribution in [0.15, 0.2) is 83.3 Å². The number of carbonyl (C=O) groups is 1. The minimum absolute atomic E-state index is 0. The lowest BCUT2D eigenvalue weighted by Gasteiger charge is -2.03. The highest BCUT2D eigenvalue weighted by Gasteiger charge is 2.28. The predicted molar refractivity (Wildman–Crippen MR) is 126 cm³/mol. The first-order chi connectivity index (χ1) is 14.5. The van der Waals surface area contributed by atoms with E-state index in [1.54, 1.807) is 11.8 Å². The van der Waals surface area contributed by atoms with Gasteiger partial charge in [-0.25, -0.2) is 0 Å². The van der Waals surface area contributed by atoms with Crippen LogP contribution < -0.4 is 27.3 Å². The molecule has 2 heterocycles. The van der Waals surface area contributed by atoms with Crippen LogP contribution in [0.1, 0.15) is 31.9 Å². The van der Waals surface area contributed by atoms with Crippen LogP contribution in [0, 0.1) is 13.8 Å². The average Bonchev–Trinajstić information content (AvgIpc) is 3.08. The summed E-state index contributed by atoms with van der Waals surface area (Å²) >= 11 is 3.20. The molecule has 0 unspecified atom stereocenters. The van der Waals surface area contributed by atoms with Gasteiger partial charge in [-0.1, -0.05) is 60.7 Å². The molecular formula is C25H23BrN2OS2. The van der Waals surface area contributed by atoms with E-state index in [1.165, 1.54) is 16.9 Å². The van der Waals surface area contributed by atoms with Gasteiger partial charge in [0.2, 0.25) is 5.78 Å². The highest BCUT2D eigenvalue weighted by Crippen LogP contribution is 2.40. The van der Waals surface area contributed by atoms with Crippen molar-refractivity contribution >= 4 is 34.6 Å². The van der Waals surface area contributed by atoms with Crippen molar-refractivity contribution in [2.45, 2.75) is 23.8 Å². The van der Waals surface area contributed by atoms with Crippen molar-refractivity contribution in [3.05, 3.63) is 106 Å². The molecule has 0 amide bonds. The Balaban J connectivity index is 0.00000272. The number of pyridine rings is 1. The third-order valence-electron chi connectivity index (χ3n) is 4.74. The van der Waals surface area contributed by atoms with Crippen LogP contribution >= 0.6 is 23.1 Å². The van der Waals surface area contributed by atoms with Gasteiger partial charge >= 0.3 is 0 Å². The molecule has 0 spiro atoms. The number of nitrogens with zero attached hydrogens (tertiary/aromatic N) is 1. The summed E-state index contributed by atoms with van der Waals surface area (Å²) in [7, 11) is 0. The second kappa shape index (κ2) is 10.3. The highest BCUT2D eigenvalue weighted by molar-refractivity contribution is 8.00. The molecular weight excluding hydrogens is 488 g/mol. The van der Waals surface area contributed by atoms with E-state index in [1.807, 2.05) is 48.5 Å². The van der Waals surface area contributed by atoms with Crippen LogP contribution in [0.25, 0.3) is 5.69 Å². The monoisotopic (exact) mass is 510 g/mol. The van der Waals surface area contributed by atoms with Gasteiger partial charge < -0.3 is 22.7 Å². The summed E-state index contributed by atoms with van der Waals surface area (Å²) < 4.78 is 3.11. The first-order valence-electron chi connectivity index (χ1n) is 9.71. The maximum Gasteiger partial charge on any atom is 0.259 e. The predicted octanol–water partition coefficient (Wildman–Crippen LogP) is 2.75. The number of carbonyl (C=O) groups excluding carboxylic acids is 1. The highest BCUT2D eigenvalue weighted by atomic mass is 79.9. The van der Waals surface area contributed by atoms with Crippen molar-refractivity contribution < 1.29 is 26.3 Å². The molecule has 0 bridgehead atoms. The Labute approximate surface area is 201 Å². The molecule has 0 aliphatic carbocycles. The van der Waals surface area contributed by atoms with Gasteiger partial charge in [-0.3, -0.25) is 4.79 Å². The molecule has 2 N–H and O–H groups in total. The zero-order valence-electron chi connectivity index (χ0n) is 17.3. The van der Waals surface area contributed by atoms with Crippen LogP contribution in [-0.4, -0.2) is 5.78 Å². The molecule has 0 aliphatic heterocycles. The summed E-state index contributed by atoms with van der Waals surface area (Å²) in [6, 6.07) is 21.8. The van der Waals surface area contributed by atoms with Crippen molar-refractivity contribution in [1.82, 2.24) is 0 Å². The molecule has 2 aromatic heterocycles. The minimum atomic E-state index is -0.0316. The quantitative estimate of drug-likeness (QED) is 0.246. The van der Waals surface area contributed by atoms with Crippen molar-refractivity contribution in [2.75, 3.05) is 5.73 Å². The molecule has 0 radical (unpaired) electrons. The number of nitrogen functional groups attached to an aromatic ring is 1. The molecule has 0 atom stereocenters. The standard InChI is InChI=1S/C25H22N2OS2.BrH/c1-17-13-18(2)15-27(14-17)22-21(26)24(23(28)20-11-7-4-8-12-20)30-25(22)29-16-19-9-5-3-6-10-19;/h3-15H,16H2,1-2H3,(H-,26,28);1H. The fourth-order valence-corrected chi connectivity index (χ4v) is 5.83. The Hall–Kier alpha value is -2.41. The van der Waals surface area contributed by atoms with E-state index >= 15 is 0 Å². The number of hydrogen-bond acceptors (Lipinski definition) is 4. The van der Waals surface area contributed by atoms with Crippen molar-refractivity contribution in [3.63, 3.8) is 0 Å². The number of halogens is 1. The fourth-order valence-electron chi connectivity index (χ4n) is 3.41. The van der Waals surface area contributed by atoms with E-state index in [4.69, 9.17) is 5.73 Å². The summed E-state index contributed by atoms with van der Waals surface area (Å²) in [6.45, 7) is 4.14. The molecule has 158 valence electrons. The summed E-state index contributed by atoms with van der Waals surface area (Å²) in [4.78, 5) is 13.8. The SMILES string of the molecule is Cc1cc(C)c[n+](-c2c(SCc3ccccc3)sc(C(=O)c3ccccc3)c2N)c1.[Br-]. The van der Waals surface area contributed by atoms with E-state index in [-0.39, 0.29) is 22.8 Å². The van der Waals surface area contributed by atoms with E-state index in [9.17, 15) is 4.79 Å². The van der Waals surface area contributed by atoms with Gasteiger partial charge in [0.15, 0.2) is 12.4 Å². The number of thioether (sulfide) groups is 1. The lowest BCUT2D eigenvalue weighted by molar-refractivity contribution is -0.597. The molecule has 4 aromatic rings. The summed E-state index contributed by atoms with van der Waals surface area (Å²) in [5.74, 6) is 0.786. The molecule has 3 nitrogen and oxygen atoms in total. The van der Waals surface area contributed by atoms with Crippen LogP contribution in [0.2, 0.25) is 0 Å². The minimum Gasteiger partial charge on any atom is -1.00 e. The summed E-state index contributed by atoms with van der Waals surface area (Å²) in [5, 5.41) is 0. The number of aromatic nitrogens is 1. The lowest BCUT2D eigenvalue weighted by atomic mass is 10.1. The van der Waals surface area contributed by atoms with Crippen molar-refractivity contribution in [1.29, 1.82) is 0 Å². The number of benzene rings is 2. The summed E-state index contributed by atoms with van der Waals surface area (Å²) in [6.07, 6.45) is 4.13. The van der Waals surface area contributed by atoms with Gasteiger partial charge in [0.25, 0.3) is 5.69 Å². The zero-order chi connectivity index (χ0) is 21.1. The largest absolute Gasteiger partial charge is 1.00 e. The van der Waals surface area contributed by atoms with Crippen LogP contribution in [0.4, 0.5) is 5.69 Å². The van der Waals surface area contributed by atoms with Gasteiger partial charge in [-0.05, 0) is 25.5 Å². The average molecular weight is 512 g/mol. The fraction of sp³-hybridized carbons (Fsp3) is 0.120. The number of thiophene rings is 1. The molecule has 31 heavy (non-hydrogen) atoms. The number of aryl methyl sites for hydroxylation is 2. The Bertz CT molecular complexity index is 1170. The molecule has 0 saturated heterocycles. The van der Waals surface area contributed by atoms with E-state index in [0.717, 1.165) is 26.8 Å².